The Morgan fingerprint density at radius 2 is 1.73 bits per heavy atom. The molecule has 1 heterocycles. The predicted molar refractivity (Wildman–Crippen MR) is 92.8 cm³/mol. The number of amides is 1. The predicted octanol–water partition coefficient (Wildman–Crippen LogP) is 5.51. The molecule has 0 saturated heterocycles. The Morgan fingerprint density at radius 3 is 2.42 bits per heavy atom. The molecule has 0 radical (unpaired) electrons. The highest BCUT2D eigenvalue weighted by molar-refractivity contribution is 7.13. The quantitative estimate of drug-likeness (QED) is 0.651. The molecular weight excluding hydrogens is 365 g/mol. The van der Waals surface area contributed by atoms with Crippen LogP contribution in [0.25, 0.3) is 0 Å². The maximum absolute atomic E-state index is 13.1. The number of carbonyl (C=O) groups is 1. The van der Waals surface area contributed by atoms with E-state index in [1.165, 1.54) is 6.92 Å². The van der Waals surface area contributed by atoms with Gasteiger partial charge < -0.3 is 10.1 Å². The van der Waals surface area contributed by atoms with E-state index in [1.54, 1.807) is 48.5 Å². The van der Waals surface area contributed by atoms with Crippen molar-refractivity contribution in [2.45, 2.75) is 13.1 Å². The van der Waals surface area contributed by atoms with E-state index in [4.69, 9.17) is 4.74 Å². The van der Waals surface area contributed by atoms with Crippen LogP contribution in [0.2, 0.25) is 0 Å². The number of aryl methyl sites for hydroxylation is 1. The van der Waals surface area contributed by atoms with E-state index in [0.29, 0.717) is 22.8 Å². The second-order valence-corrected chi connectivity index (χ2v) is 6.48. The van der Waals surface area contributed by atoms with E-state index in [0.717, 1.165) is 0 Å². The minimum Gasteiger partial charge on any atom is -0.455 e. The first-order chi connectivity index (χ1) is 12.3. The minimum absolute atomic E-state index is 0.163. The second kappa shape index (κ2) is 7.17. The zero-order chi connectivity index (χ0) is 18.7. The van der Waals surface area contributed by atoms with E-state index in [1.807, 2.05) is 6.07 Å². The summed E-state index contributed by atoms with van der Waals surface area (Å²) in [7, 11) is 0. The number of hydrogen-bond donors (Lipinski definition) is 1. The number of alkyl halides is 3. The topological polar surface area (TPSA) is 51.2 Å². The molecule has 1 aromatic heterocycles. The highest BCUT2D eigenvalue weighted by Crippen LogP contribution is 2.35. The number of halogens is 3. The molecule has 1 N–H and O–H groups in total. The molecule has 2 aromatic carbocycles. The Bertz CT molecular complexity index is 924. The molecule has 0 atom stereocenters. The normalized spacial score (nSPS) is 11.2. The van der Waals surface area contributed by atoms with Gasteiger partial charge in [0.1, 0.15) is 10.6 Å². The number of benzene rings is 2. The third-order valence-electron chi connectivity index (χ3n) is 3.32. The summed E-state index contributed by atoms with van der Waals surface area (Å²) in [5.74, 6) is -0.0207. The lowest BCUT2D eigenvalue weighted by molar-refractivity contribution is -0.141. The summed E-state index contributed by atoms with van der Waals surface area (Å²) in [6.45, 7) is 1.42. The molecular formula is C18H13F3N2O2S. The van der Waals surface area contributed by atoms with Crippen LogP contribution in [0.15, 0.2) is 54.6 Å². The van der Waals surface area contributed by atoms with Crippen molar-refractivity contribution in [3.05, 3.63) is 70.2 Å². The Morgan fingerprint density at radius 1 is 1.08 bits per heavy atom. The maximum Gasteiger partial charge on any atom is 0.435 e. The number of nitrogens with one attached hydrogen (secondary N) is 1. The molecule has 8 heteroatoms. The molecule has 3 aromatic rings. The molecule has 0 aliphatic rings. The van der Waals surface area contributed by atoms with Crippen LogP contribution >= 0.6 is 11.3 Å². The van der Waals surface area contributed by atoms with E-state index in [9.17, 15) is 18.0 Å². The van der Waals surface area contributed by atoms with E-state index in [-0.39, 0.29) is 10.7 Å². The number of aromatic nitrogens is 1. The highest BCUT2D eigenvalue weighted by atomic mass is 32.1. The van der Waals surface area contributed by atoms with Crippen molar-refractivity contribution in [2.24, 2.45) is 0 Å². The fourth-order valence-corrected chi connectivity index (χ4v) is 3.06. The van der Waals surface area contributed by atoms with E-state index >= 15 is 0 Å². The highest BCUT2D eigenvalue weighted by Gasteiger charge is 2.39. The minimum atomic E-state index is -4.70. The zero-order valence-corrected chi connectivity index (χ0v) is 14.3. The smallest absolute Gasteiger partial charge is 0.435 e. The summed E-state index contributed by atoms with van der Waals surface area (Å²) in [6.07, 6.45) is -4.70. The number of rotatable bonds is 4. The summed E-state index contributed by atoms with van der Waals surface area (Å²) < 4.78 is 44.9. The van der Waals surface area contributed by atoms with Crippen LogP contribution < -0.4 is 10.1 Å². The molecule has 3 rings (SSSR count). The van der Waals surface area contributed by atoms with Crippen LogP contribution in [0.4, 0.5) is 18.9 Å². The van der Waals surface area contributed by atoms with Crippen LogP contribution in [0.5, 0.6) is 11.5 Å². The van der Waals surface area contributed by atoms with Gasteiger partial charge in [0.05, 0.1) is 10.7 Å². The SMILES string of the molecule is Cc1nc(C(F)(F)F)c(C(=O)Nc2ccccc2Oc2ccccc2)s1. The Balaban J connectivity index is 1.87. The lowest BCUT2D eigenvalue weighted by Gasteiger charge is -2.12. The molecule has 26 heavy (non-hydrogen) atoms. The van der Waals surface area contributed by atoms with E-state index < -0.39 is 22.7 Å². The van der Waals surface area contributed by atoms with Crippen LogP contribution in [0, 0.1) is 6.92 Å². The number of anilines is 1. The lowest BCUT2D eigenvalue weighted by atomic mass is 10.2. The molecule has 0 aliphatic carbocycles. The van der Waals surface area contributed by atoms with Gasteiger partial charge in [-0.25, -0.2) is 4.98 Å². The number of nitrogens with zero attached hydrogens (tertiary/aromatic N) is 1. The van der Waals surface area contributed by atoms with Gasteiger partial charge in [-0.2, -0.15) is 13.2 Å². The maximum atomic E-state index is 13.1. The molecule has 0 saturated carbocycles. The number of thiazole rings is 1. The van der Waals surface area contributed by atoms with E-state index in [2.05, 4.69) is 10.3 Å². The number of carbonyl (C=O) groups excluding carboxylic acids is 1. The average Bonchev–Trinajstić information content (AvgIpc) is 3.00. The van der Waals surface area contributed by atoms with Gasteiger partial charge in [0.25, 0.3) is 5.91 Å². The molecule has 0 fully saturated rings. The molecule has 0 spiro atoms. The van der Waals surface area contributed by atoms with Gasteiger partial charge in [-0.3, -0.25) is 4.79 Å². The number of hydrogen-bond acceptors (Lipinski definition) is 4. The lowest BCUT2D eigenvalue weighted by Crippen LogP contribution is -2.17. The molecule has 1 amide bonds. The van der Waals surface area contributed by atoms with Gasteiger partial charge in [-0.15, -0.1) is 11.3 Å². The van der Waals surface area contributed by atoms with Crippen LogP contribution in [-0.4, -0.2) is 10.9 Å². The summed E-state index contributed by atoms with van der Waals surface area (Å²) in [5.41, 5.74) is -0.917. The fraction of sp³-hybridized carbons (Fsp3) is 0.111. The van der Waals surface area contributed by atoms with Gasteiger partial charge >= 0.3 is 6.18 Å². The van der Waals surface area contributed by atoms with Crippen LogP contribution in [-0.2, 0) is 6.18 Å². The standard InChI is InChI=1S/C18H13F3N2O2S/c1-11-22-16(18(19,20)21)15(26-11)17(24)23-13-9-5-6-10-14(13)25-12-7-3-2-4-8-12/h2-10H,1H3,(H,23,24). The van der Waals surface area contributed by atoms with Crippen molar-refractivity contribution in [1.82, 2.24) is 4.98 Å². The molecule has 0 unspecified atom stereocenters. The first-order valence-electron chi connectivity index (χ1n) is 7.52. The summed E-state index contributed by atoms with van der Waals surface area (Å²) in [6, 6.07) is 15.4. The van der Waals surface area contributed by atoms with Crippen molar-refractivity contribution in [3.8, 4) is 11.5 Å². The fourth-order valence-electron chi connectivity index (χ4n) is 2.23. The third-order valence-corrected chi connectivity index (χ3v) is 4.28. The monoisotopic (exact) mass is 378 g/mol. The molecule has 0 bridgehead atoms. The first-order valence-corrected chi connectivity index (χ1v) is 8.34. The van der Waals surface area contributed by atoms with Gasteiger partial charge in [0, 0.05) is 0 Å². The van der Waals surface area contributed by atoms with Gasteiger partial charge in [-0.05, 0) is 31.2 Å². The average molecular weight is 378 g/mol. The molecule has 0 aliphatic heterocycles. The number of ether oxygens (including phenoxy) is 1. The van der Waals surface area contributed by atoms with Crippen molar-refractivity contribution in [3.63, 3.8) is 0 Å². The summed E-state index contributed by atoms with van der Waals surface area (Å²) in [5, 5.41) is 2.64. The van der Waals surface area contributed by atoms with Crippen molar-refractivity contribution in [2.75, 3.05) is 5.32 Å². The Hall–Kier alpha value is -2.87. The summed E-state index contributed by atoms with van der Waals surface area (Å²) in [4.78, 5) is 15.4. The van der Waals surface area contributed by atoms with Gasteiger partial charge in [0.15, 0.2) is 11.4 Å². The number of para-hydroxylation sites is 3. The van der Waals surface area contributed by atoms with Crippen molar-refractivity contribution < 1.29 is 22.7 Å². The van der Waals surface area contributed by atoms with Gasteiger partial charge in [0.2, 0.25) is 0 Å². The largest absolute Gasteiger partial charge is 0.455 e. The molecule has 134 valence electrons. The third kappa shape index (κ3) is 4.02. The van der Waals surface area contributed by atoms with Crippen LogP contribution in [0.1, 0.15) is 20.4 Å². The Labute approximate surface area is 151 Å². The first kappa shape index (κ1) is 17.9. The Kier molecular flexibility index (Phi) is 4.94. The molecule has 4 nitrogen and oxygen atoms in total. The van der Waals surface area contributed by atoms with Crippen molar-refractivity contribution in [1.29, 1.82) is 0 Å². The second-order valence-electron chi connectivity index (χ2n) is 5.27. The van der Waals surface area contributed by atoms with Crippen LogP contribution in [0.3, 0.4) is 0 Å². The van der Waals surface area contributed by atoms with Gasteiger partial charge in [-0.1, -0.05) is 30.3 Å². The summed E-state index contributed by atoms with van der Waals surface area (Å²) >= 11 is 0.694. The zero-order valence-electron chi connectivity index (χ0n) is 13.5. The van der Waals surface area contributed by atoms with Crippen molar-refractivity contribution >= 4 is 22.9 Å².